The van der Waals surface area contributed by atoms with Gasteiger partial charge in [-0.15, -0.1) is 12.6 Å². The molecule has 200 valence electrons. The Morgan fingerprint density at radius 3 is 2.17 bits per heavy atom. The van der Waals surface area contributed by atoms with Gasteiger partial charge in [0.1, 0.15) is 5.65 Å². The molecular formula is C36H35N3S. The number of nitrogens with zero attached hydrogens (tertiary/aromatic N) is 3. The lowest BCUT2D eigenvalue weighted by Crippen LogP contribution is -2.17. The standard InChI is InChI=1S/C36H35N3S/c1-35(2,3)24-21-28(33(40)29(22-24)36(4,5)6)31-18-17-27-26-14-7-8-16-32(26)39(34(27)38-31)25-13-11-12-23(20-25)30-15-9-10-19-37-30/h7-22,40H,1-6H3. The van der Waals surface area contributed by atoms with Crippen LogP contribution in [0.15, 0.2) is 102 Å². The molecule has 0 aliphatic rings. The molecular weight excluding hydrogens is 506 g/mol. The lowest BCUT2D eigenvalue weighted by Gasteiger charge is -2.28. The molecule has 0 fully saturated rings. The van der Waals surface area contributed by atoms with Crippen LogP contribution in [0.3, 0.4) is 0 Å². The maximum absolute atomic E-state index is 5.37. The zero-order chi connectivity index (χ0) is 28.2. The highest BCUT2D eigenvalue weighted by Crippen LogP contribution is 2.41. The third-order valence-electron chi connectivity index (χ3n) is 7.65. The van der Waals surface area contributed by atoms with Crippen molar-refractivity contribution in [2.45, 2.75) is 57.3 Å². The number of pyridine rings is 2. The minimum atomic E-state index is -0.0436. The van der Waals surface area contributed by atoms with Gasteiger partial charge in [-0.3, -0.25) is 9.55 Å². The summed E-state index contributed by atoms with van der Waals surface area (Å²) in [6, 6.07) is 32.1. The highest BCUT2D eigenvalue weighted by atomic mass is 32.1. The average molecular weight is 542 g/mol. The first-order valence-electron chi connectivity index (χ1n) is 13.8. The van der Waals surface area contributed by atoms with Crippen LogP contribution in [-0.2, 0) is 10.8 Å². The number of rotatable bonds is 3. The van der Waals surface area contributed by atoms with Crippen molar-refractivity contribution in [3.8, 4) is 28.2 Å². The van der Waals surface area contributed by atoms with E-state index in [-0.39, 0.29) is 10.8 Å². The Labute approximate surface area is 242 Å². The summed E-state index contributed by atoms with van der Waals surface area (Å²) in [5, 5.41) is 2.32. The van der Waals surface area contributed by atoms with Crippen molar-refractivity contribution in [2.75, 3.05) is 0 Å². The second kappa shape index (κ2) is 9.64. The van der Waals surface area contributed by atoms with Crippen LogP contribution in [0.4, 0.5) is 0 Å². The monoisotopic (exact) mass is 541 g/mol. The number of hydrogen-bond acceptors (Lipinski definition) is 3. The molecule has 3 heterocycles. The summed E-state index contributed by atoms with van der Waals surface area (Å²) < 4.78 is 2.27. The van der Waals surface area contributed by atoms with Gasteiger partial charge in [-0.25, -0.2) is 4.98 Å². The van der Waals surface area contributed by atoms with Crippen LogP contribution in [0.5, 0.6) is 0 Å². The molecule has 0 aliphatic carbocycles. The second-order valence-electron chi connectivity index (χ2n) is 12.6. The van der Waals surface area contributed by atoms with E-state index in [1.807, 2.05) is 24.4 Å². The van der Waals surface area contributed by atoms with Crippen LogP contribution < -0.4 is 0 Å². The number of thiol groups is 1. The van der Waals surface area contributed by atoms with Gasteiger partial charge < -0.3 is 0 Å². The quantitative estimate of drug-likeness (QED) is 0.226. The molecule has 0 amide bonds. The number of benzene rings is 3. The molecule has 3 aromatic carbocycles. The molecule has 0 bridgehead atoms. The van der Waals surface area contributed by atoms with Crippen LogP contribution in [0, 0.1) is 0 Å². The van der Waals surface area contributed by atoms with E-state index < -0.39 is 0 Å². The number of aromatic nitrogens is 3. The van der Waals surface area contributed by atoms with E-state index >= 15 is 0 Å². The van der Waals surface area contributed by atoms with Crippen molar-refractivity contribution in [1.82, 2.24) is 14.5 Å². The molecule has 0 saturated carbocycles. The van der Waals surface area contributed by atoms with Crippen LogP contribution in [0.1, 0.15) is 52.7 Å². The molecule has 6 aromatic rings. The van der Waals surface area contributed by atoms with Gasteiger partial charge in [0.05, 0.1) is 16.9 Å². The third kappa shape index (κ3) is 4.61. The normalized spacial score (nSPS) is 12.4. The Bertz CT molecular complexity index is 1870. The van der Waals surface area contributed by atoms with Gasteiger partial charge in [0.25, 0.3) is 0 Å². The summed E-state index contributed by atoms with van der Waals surface area (Å²) in [6.45, 7) is 13.5. The lowest BCUT2D eigenvalue weighted by atomic mass is 9.79. The minimum absolute atomic E-state index is 0.00113. The van der Waals surface area contributed by atoms with Crippen molar-refractivity contribution in [3.63, 3.8) is 0 Å². The highest BCUT2D eigenvalue weighted by molar-refractivity contribution is 7.80. The molecule has 0 saturated heterocycles. The van der Waals surface area contributed by atoms with Crippen LogP contribution in [0.2, 0.25) is 0 Å². The Morgan fingerprint density at radius 2 is 1.45 bits per heavy atom. The van der Waals surface area contributed by atoms with Gasteiger partial charge >= 0.3 is 0 Å². The van der Waals surface area contributed by atoms with Crippen molar-refractivity contribution in [1.29, 1.82) is 0 Å². The second-order valence-corrected chi connectivity index (χ2v) is 13.1. The van der Waals surface area contributed by atoms with E-state index in [2.05, 4.69) is 124 Å². The molecule has 3 aromatic heterocycles. The van der Waals surface area contributed by atoms with E-state index in [1.165, 1.54) is 16.5 Å². The fourth-order valence-electron chi connectivity index (χ4n) is 5.42. The smallest absolute Gasteiger partial charge is 0.146 e. The number of para-hydroxylation sites is 1. The fraction of sp³-hybridized carbons (Fsp3) is 0.222. The summed E-state index contributed by atoms with van der Waals surface area (Å²) >= 11 is 5.10. The van der Waals surface area contributed by atoms with Crippen molar-refractivity contribution < 1.29 is 0 Å². The van der Waals surface area contributed by atoms with E-state index in [0.717, 1.165) is 49.6 Å². The molecule has 3 nitrogen and oxygen atoms in total. The van der Waals surface area contributed by atoms with Crippen molar-refractivity contribution in [3.05, 3.63) is 108 Å². The summed E-state index contributed by atoms with van der Waals surface area (Å²) in [5.74, 6) is 0. The van der Waals surface area contributed by atoms with Gasteiger partial charge in [0.2, 0.25) is 0 Å². The molecule has 0 aliphatic heterocycles. The first-order valence-corrected chi connectivity index (χ1v) is 14.3. The molecule has 6 rings (SSSR count). The summed E-state index contributed by atoms with van der Waals surface area (Å²) in [6.07, 6.45) is 1.84. The topological polar surface area (TPSA) is 30.7 Å². The maximum atomic E-state index is 5.37. The summed E-state index contributed by atoms with van der Waals surface area (Å²) in [7, 11) is 0. The third-order valence-corrected chi connectivity index (χ3v) is 8.13. The number of hydrogen-bond donors (Lipinski definition) is 1. The molecule has 0 atom stereocenters. The zero-order valence-electron chi connectivity index (χ0n) is 24.0. The molecule has 0 spiro atoms. The van der Waals surface area contributed by atoms with Crippen LogP contribution >= 0.6 is 12.6 Å². The Kier molecular flexibility index (Phi) is 6.35. The average Bonchev–Trinajstić information content (AvgIpc) is 3.26. The van der Waals surface area contributed by atoms with E-state index in [9.17, 15) is 0 Å². The lowest BCUT2D eigenvalue weighted by molar-refractivity contribution is 0.560. The van der Waals surface area contributed by atoms with Crippen molar-refractivity contribution in [2.24, 2.45) is 0 Å². The van der Waals surface area contributed by atoms with Gasteiger partial charge in [0.15, 0.2) is 0 Å². The summed E-state index contributed by atoms with van der Waals surface area (Å²) in [5.41, 5.74) is 9.63. The molecule has 4 heteroatoms. The molecule has 0 unspecified atom stereocenters. The largest absolute Gasteiger partial charge is 0.294 e. The van der Waals surface area contributed by atoms with Crippen LogP contribution in [0.25, 0.3) is 50.1 Å². The van der Waals surface area contributed by atoms with Gasteiger partial charge in [0, 0.05) is 38.7 Å². The first-order chi connectivity index (χ1) is 19.0. The Hall–Kier alpha value is -3.89. The molecule has 0 radical (unpaired) electrons. The maximum Gasteiger partial charge on any atom is 0.146 e. The van der Waals surface area contributed by atoms with Crippen LogP contribution in [-0.4, -0.2) is 14.5 Å². The SMILES string of the molecule is CC(C)(C)c1cc(-c2ccc3c4ccccc4n(-c4cccc(-c5ccccn5)c4)c3n2)c(S)c(C(C)(C)C)c1. The molecule has 0 N–H and O–H groups in total. The first kappa shape index (κ1) is 26.3. The predicted molar refractivity (Wildman–Crippen MR) is 172 cm³/mol. The Balaban J connectivity index is 1.63. The number of fused-ring (bicyclic) bond motifs is 3. The van der Waals surface area contributed by atoms with Gasteiger partial charge in [-0.05, 0) is 70.5 Å². The van der Waals surface area contributed by atoms with Crippen molar-refractivity contribution >= 4 is 34.6 Å². The summed E-state index contributed by atoms with van der Waals surface area (Å²) in [4.78, 5) is 10.9. The van der Waals surface area contributed by atoms with E-state index in [4.69, 9.17) is 17.6 Å². The minimum Gasteiger partial charge on any atom is -0.294 e. The van der Waals surface area contributed by atoms with E-state index in [0.29, 0.717) is 0 Å². The van der Waals surface area contributed by atoms with E-state index in [1.54, 1.807) is 0 Å². The Morgan fingerprint density at radius 1 is 0.675 bits per heavy atom. The molecule has 40 heavy (non-hydrogen) atoms. The zero-order valence-corrected chi connectivity index (χ0v) is 24.9. The predicted octanol–water partition coefficient (Wildman–Crippen LogP) is 9.79. The van der Waals surface area contributed by atoms with Gasteiger partial charge in [-0.1, -0.05) is 84.0 Å². The highest BCUT2D eigenvalue weighted by Gasteiger charge is 2.25. The fourth-order valence-corrected chi connectivity index (χ4v) is 6.00. The van der Waals surface area contributed by atoms with Gasteiger partial charge in [-0.2, -0.15) is 0 Å².